The maximum Gasteiger partial charge on any atom is 0.209 e. The lowest BCUT2D eigenvalue weighted by atomic mass is 9.83. The summed E-state index contributed by atoms with van der Waals surface area (Å²) in [5.74, 6) is 2.73. The Balaban J connectivity index is 0.000000202. The molecule has 2 aliphatic rings. The molecule has 0 bridgehead atoms. The number of carbonyl (C=O) groups excluding carboxylic acids is 1. The van der Waals surface area contributed by atoms with Crippen LogP contribution in [0, 0.1) is 11.8 Å². The van der Waals surface area contributed by atoms with E-state index in [4.69, 9.17) is 9.47 Å². The van der Waals surface area contributed by atoms with E-state index in [1.54, 1.807) is 14.2 Å². The van der Waals surface area contributed by atoms with Gasteiger partial charge in [0, 0.05) is 18.6 Å². The van der Waals surface area contributed by atoms with Gasteiger partial charge in [-0.05, 0) is 67.3 Å². The Hall–Kier alpha value is -3.05. The first-order valence-electron chi connectivity index (χ1n) is 12.9. The van der Waals surface area contributed by atoms with Crippen LogP contribution in [-0.4, -0.2) is 50.7 Å². The Morgan fingerprint density at radius 1 is 0.889 bits per heavy atom. The molecule has 2 aromatic carbocycles. The molecule has 4 rings (SSSR count). The molecule has 5 heteroatoms. The highest BCUT2D eigenvalue weighted by Crippen LogP contribution is 2.31. The van der Waals surface area contributed by atoms with Gasteiger partial charge >= 0.3 is 0 Å². The van der Waals surface area contributed by atoms with Crippen molar-refractivity contribution < 1.29 is 14.3 Å². The summed E-state index contributed by atoms with van der Waals surface area (Å²) in [6, 6.07) is 16.9. The molecule has 2 aliphatic heterocycles. The van der Waals surface area contributed by atoms with Crippen molar-refractivity contribution in [1.82, 2.24) is 10.2 Å². The first kappa shape index (κ1) is 27.5. The van der Waals surface area contributed by atoms with Crippen LogP contribution in [0.15, 0.2) is 72.8 Å². The fraction of sp³-hybridized carbons (Fsp3) is 0.452. The van der Waals surface area contributed by atoms with E-state index in [0.29, 0.717) is 17.9 Å². The fourth-order valence-corrected chi connectivity index (χ4v) is 5.21. The number of amides is 1. The fourth-order valence-electron chi connectivity index (χ4n) is 5.21. The number of nitrogens with one attached hydrogen (secondary N) is 1. The zero-order valence-electron chi connectivity index (χ0n) is 22.3. The van der Waals surface area contributed by atoms with E-state index in [1.807, 2.05) is 35.2 Å². The summed E-state index contributed by atoms with van der Waals surface area (Å²) in [7, 11) is 3.41. The number of hydrogen-bond donors (Lipinski definition) is 1. The van der Waals surface area contributed by atoms with Crippen molar-refractivity contribution in [2.75, 3.05) is 27.3 Å². The molecule has 2 saturated heterocycles. The van der Waals surface area contributed by atoms with Crippen molar-refractivity contribution in [3.8, 4) is 11.5 Å². The maximum atomic E-state index is 11.2. The number of hydrogen-bond acceptors (Lipinski definition) is 4. The molecule has 0 saturated carbocycles. The monoisotopic (exact) mass is 490 g/mol. The summed E-state index contributed by atoms with van der Waals surface area (Å²) in [4.78, 5) is 13.1. The third kappa shape index (κ3) is 6.79. The van der Waals surface area contributed by atoms with E-state index >= 15 is 0 Å². The molecule has 0 aliphatic carbocycles. The average Bonchev–Trinajstić information content (AvgIpc) is 2.90. The van der Waals surface area contributed by atoms with Gasteiger partial charge in [0.25, 0.3) is 0 Å². The minimum Gasteiger partial charge on any atom is -0.496 e. The molecule has 2 fully saturated rings. The van der Waals surface area contributed by atoms with E-state index < -0.39 is 0 Å². The second-order valence-corrected chi connectivity index (χ2v) is 9.90. The van der Waals surface area contributed by atoms with Crippen molar-refractivity contribution in [2.45, 2.75) is 51.6 Å². The van der Waals surface area contributed by atoms with Gasteiger partial charge in [-0.1, -0.05) is 74.5 Å². The zero-order chi connectivity index (χ0) is 26.1. The Morgan fingerprint density at radius 3 is 2.03 bits per heavy atom. The van der Waals surface area contributed by atoms with Crippen LogP contribution in [0.1, 0.15) is 37.8 Å². The van der Waals surface area contributed by atoms with E-state index in [2.05, 4.69) is 50.5 Å². The molecule has 0 aromatic heterocycles. The van der Waals surface area contributed by atoms with E-state index in [9.17, 15) is 4.79 Å². The number of rotatable bonds is 7. The Kier molecular flexibility index (Phi) is 10.2. The average molecular weight is 491 g/mol. The van der Waals surface area contributed by atoms with Crippen molar-refractivity contribution in [1.29, 1.82) is 0 Å². The highest BCUT2D eigenvalue weighted by atomic mass is 16.5. The third-order valence-corrected chi connectivity index (χ3v) is 7.83. The minimum absolute atomic E-state index is 0.176. The number of carbonyl (C=O) groups is 1. The predicted molar refractivity (Wildman–Crippen MR) is 148 cm³/mol. The number of ether oxygens (including phenoxy) is 2. The summed E-state index contributed by atoms with van der Waals surface area (Å²) in [5, 5.41) is 3.58. The van der Waals surface area contributed by atoms with Crippen LogP contribution in [0.4, 0.5) is 0 Å². The summed E-state index contributed by atoms with van der Waals surface area (Å²) in [5.41, 5.74) is 5.01. The highest BCUT2D eigenvalue weighted by Gasteiger charge is 2.30. The van der Waals surface area contributed by atoms with Crippen LogP contribution in [0.3, 0.4) is 0 Å². The molecular formula is C31H42N2O3. The molecule has 4 unspecified atom stereocenters. The molecule has 5 nitrogen and oxygen atoms in total. The normalized spacial score (nSPS) is 23.9. The van der Waals surface area contributed by atoms with Gasteiger partial charge in [-0.3, -0.25) is 4.79 Å². The number of para-hydroxylation sites is 2. The van der Waals surface area contributed by atoms with Crippen LogP contribution < -0.4 is 14.8 Å². The first-order chi connectivity index (χ1) is 17.4. The van der Waals surface area contributed by atoms with Crippen molar-refractivity contribution >= 4 is 6.41 Å². The van der Waals surface area contributed by atoms with Gasteiger partial charge in [0.1, 0.15) is 11.5 Å². The molecule has 0 radical (unpaired) electrons. The van der Waals surface area contributed by atoms with E-state index in [0.717, 1.165) is 62.2 Å². The van der Waals surface area contributed by atoms with E-state index in [-0.39, 0.29) is 6.04 Å². The highest BCUT2D eigenvalue weighted by molar-refractivity contribution is 5.49. The van der Waals surface area contributed by atoms with Gasteiger partial charge in [0.05, 0.1) is 14.2 Å². The van der Waals surface area contributed by atoms with Crippen molar-refractivity contribution in [2.24, 2.45) is 11.8 Å². The lowest BCUT2D eigenvalue weighted by molar-refractivity contribution is -0.121. The SMILES string of the molecule is C=C1CCN(C=O)C(Cc2ccccc2OC)C1C.C=C1CCNC(Cc2ccccc2OC)C1C. The Bertz CT molecular complexity index is 1030. The number of methoxy groups -OCH3 is 2. The topological polar surface area (TPSA) is 50.8 Å². The van der Waals surface area contributed by atoms with Crippen LogP contribution in [-0.2, 0) is 17.6 Å². The van der Waals surface area contributed by atoms with Crippen LogP contribution in [0.2, 0.25) is 0 Å². The van der Waals surface area contributed by atoms with Gasteiger partial charge < -0.3 is 19.7 Å². The summed E-state index contributed by atoms with van der Waals surface area (Å²) in [6.07, 6.45) is 4.78. The molecule has 1 amide bonds. The smallest absolute Gasteiger partial charge is 0.209 e. The number of piperidine rings is 2. The molecule has 1 N–H and O–H groups in total. The molecule has 4 atom stereocenters. The van der Waals surface area contributed by atoms with Gasteiger partial charge in [-0.2, -0.15) is 0 Å². The molecule has 194 valence electrons. The van der Waals surface area contributed by atoms with Crippen LogP contribution >= 0.6 is 0 Å². The van der Waals surface area contributed by atoms with Crippen molar-refractivity contribution in [3.63, 3.8) is 0 Å². The minimum atomic E-state index is 0.176. The quantitative estimate of drug-likeness (QED) is 0.414. The lowest BCUT2D eigenvalue weighted by Gasteiger charge is -2.39. The zero-order valence-corrected chi connectivity index (χ0v) is 22.3. The molecule has 36 heavy (non-hydrogen) atoms. The number of likely N-dealkylation sites (tertiary alicyclic amines) is 1. The van der Waals surface area contributed by atoms with Crippen molar-refractivity contribution in [3.05, 3.63) is 84.0 Å². The van der Waals surface area contributed by atoms with Crippen LogP contribution in [0.5, 0.6) is 11.5 Å². The largest absolute Gasteiger partial charge is 0.496 e. The number of benzene rings is 2. The summed E-state index contributed by atoms with van der Waals surface area (Å²) >= 11 is 0. The molecule has 2 heterocycles. The van der Waals surface area contributed by atoms with Gasteiger partial charge in [0.2, 0.25) is 6.41 Å². The summed E-state index contributed by atoms with van der Waals surface area (Å²) in [6.45, 7) is 14.5. The molecule has 0 spiro atoms. The van der Waals surface area contributed by atoms with Gasteiger partial charge in [-0.15, -0.1) is 0 Å². The third-order valence-electron chi connectivity index (χ3n) is 7.83. The molecular weight excluding hydrogens is 448 g/mol. The Morgan fingerprint density at radius 2 is 1.44 bits per heavy atom. The van der Waals surface area contributed by atoms with Crippen LogP contribution in [0.25, 0.3) is 0 Å². The standard InChI is InChI=1S/C16H21NO2.C15H21NO/c1-12-8-9-17(11-18)15(13(12)2)10-14-6-4-5-7-16(14)19-3;1-11-8-9-16-14(12(11)2)10-13-6-4-5-7-15(13)17-3/h4-7,11,13,15H,1,8-10H2,2-3H3;4-7,12,14,16H,1,8-10H2,2-3H3. The summed E-state index contributed by atoms with van der Waals surface area (Å²) < 4.78 is 10.8. The predicted octanol–water partition coefficient (Wildman–Crippen LogP) is 5.45. The number of nitrogens with zero attached hydrogens (tertiary/aromatic N) is 1. The first-order valence-corrected chi connectivity index (χ1v) is 12.9. The molecule has 2 aromatic rings. The lowest BCUT2D eigenvalue weighted by Crippen LogP contribution is -2.45. The van der Waals surface area contributed by atoms with Gasteiger partial charge in [0.15, 0.2) is 0 Å². The maximum absolute atomic E-state index is 11.2. The van der Waals surface area contributed by atoms with Gasteiger partial charge in [-0.25, -0.2) is 0 Å². The second-order valence-electron chi connectivity index (χ2n) is 9.90. The second kappa shape index (κ2) is 13.3. The van der Waals surface area contributed by atoms with E-state index in [1.165, 1.54) is 16.7 Å². The Labute approximate surface area is 217 Å².